The highest BCUT2D eigenvalue weighted by molar-refractivity contribution is 5.73. The van der Waals surface area contributed by atoms with Crippen LogP contribution in [0.4, 0.5) is 25.0 Å². The van der Waals surface area contributed by atoms with E-state index >= 15 is 0 Å². The highest BCUT2D eigenvalue weighted by Crippen LogP contribution is 2.48. The second-order valence-corrected chi connectivity index (χ2v) is 9.32. The van der Waals surface area contributed by atoms with Gasteiger partial charge in [-0.1, -0.05) is 6.92 Å². The average molecular weight is 456 g/mol. The van der Waals surface area contributed by atoms with Gasteiger partial charge < -0.3 is 19.4 Å². The Morgan fingerprint density at radius 3 is 2.61 bits per heavy atom. The molecule has 2 fully saturated rings. The molecule has 2 aromatic carbocycles. The molecule has 3 aliphatic heterocycles. The van der Waals surface area contributed by atoms with Crippen LogP contribution in [0.2, 0.25) is 0 Å². The number of carbonyl (C=O) groups excluding carboxylic acids is 1. The molecule has 0 bridgehead atoms. The lowest BCUT2D eigenvalue weighted by molar-refractivity contribution is 0.141. The van der Waals surface area contributed by atoms with Gasteiger partial charge in [0.2, 0.25) is 0 Å². The predicted octanol–water partition coefficient (Wildman–Crippen LogP) is 5.29. The smallest absolute Gasteiger partial charge is 0.410 e. The summed E-state index contributed by atoms with van der Waals surface area (Å²) in [5.74, 6) is -0.255. The Hall–Kier alpha value is -2.67. The van der Waals surface area contributed by atoms with Crippen LogP contribution in [0.25, 0.3) is 0 Å². The molecule has 5 rings (SSSR count). The van der Waals surface area contributed by atoms with Gasteiger partial charge in [-0.25, -0.2) is 13.6 Å². The third kappa shape index (κ3) is 4.31. The maximum Gasteiger partial charge on any atom is 0.410 e. The van der Waals surface area contributed by atoms with Crippen molar-refractivity contribution in [1.29, 1.82) is 0 Å². The highest BCUT2D eigenvalue weighted by atomic mass is 19.1. The van der Waals surface area contributed by atoms with Crippen LogP contribution in [0.3, 0.4) is 0 Å². The van der Waals surface area contributed by atoms with Crippen molar-refractivity contribution >= 4 is 17.5 Å². The molecule has 2 saturated heterocycles. The summed E-state index contributed by atoms with van der Waals surface area (Å²) in [5.41, 5.74) is 3.02. The van der Waals surface area contributed by atoms with Gasteiger partial charge >= 0.3 is 6.09 Å². The van der Waals surface area contributed by atoms with Gasteiger partial charge in [0.05, 0.1) is 6.54 Å². The lowest BCUT2D eigenvalue weighted by atomic mass is 9.88. The number of fused-ring (bicyclic) bond motifs is 3. The zero-order valence-corrected chi connectivity index (χ0v) is 19.1. The first-order valence-corrected chi connectivity index (χ1v) is 12.0. The van der Waals surface area contributed by atoms with E-state index in [1.54, 1.807) is 6.07 Å². The second-order valence-electron chi connectivity index (χ2n) is 9.32. The van der Waals surface area contributed by atoms with Crippen molar-refractivity contribution in [1.82, 2.24) is 9.80 Å². The summed E-state index contributed by atoms with van der Waals surface area (Å²) >= 11 is 0. The fourth-order valence-corrected chi connectivity index (χ4v) is 5.85. The first-order chi connectivity index (χ1) is 16.0. The number of hydrogen-bond acceptors (Lipinski definition) is 4. The molecule has 1 amide bonds. The van der Waals surface area contributed by atoms with Crippen LogP contribution in [-0.4, -0.2) is 60.8 Å². The molecule has 0 radical (unpaired) electrons. The molecule has 3 unspecified atom stereocenters. The van der Waals surface area contributed by atoms with Crippen molar-refractivity contribution < 1.29 is 18.3 Å². The molecule has 176 valence electrons. The number of carbonyl (C=O) groups is 1. The van der Waals surface area contributed by atoms with Crippen molar-refractivity contribution in [3.05, 3.63) is 59.7 Å². The van der Waals surface area contributed by atoms with Crippen LogP contribution in [0.1, 0.15) is 44.1 Å². The molecule has 0 spiro atoms. The zero-order chi connectivity index (χ0) is 22.9. The van der Waals surface area contributed by atoms with E-state index in [1.807, 2.05) is 23.1 Å². The monoisotopic (exact) mass is 455 g/mol. The van der Waals surface area contributed by atoms with E-state index in [9.17, 15) is 13.6 Å². The number of benzene rings is 2. The van der Waals surface area contributed by atoms with Gasteiger partial charge in [0.1, 0.15) is 18.2 Å². The van der Waals surface area contributed by atoms with Crippen LogP contribution in [0.15, 0.2) is 42.5 Å². The van der Waals surface area contributed by atoms with E-state index in [1.165, 1.54) is 18.2 Å². The molecule has 0 N–H and O–H groups in total. The van der Waals surface area contributed by atoms with Gasteiger partial charge in [-0.3, -0.25) is 0 Å². The Morgan fingerprint density at radius 1 is 1.09 bits per heavy atom. The summed E-state index contributed by atoms with van der Waals surface area (Å²) in [6, 6.07) is 12.1. The number of nitrogens with zero attached hydrogens (tertiary/aromatic N) is 3. The summed E-state index contributed by atoms with van der Waals surface area (Å²) in [6.07, 6.45) is 3.68. The maximum absolute atomic E-state index is 14.2. The van der Waals surface area contributed by atoms with Crippen molar-refractivity contribution in [3.8, 4) is 0 Å². The maximum atomic E-state index is 14.2. The molecule has 2 aromatic rings. The predicted molar refractivity (Wildman–Crippen MR) is 124 cm³/mol. The van der Waals surface area contributed by atoms with Crippen molar-refractivity contribution in [2.24, 2.45) is 0 Å². The summed E-state index contributed by atoms with van der Waals surface area (Å²) in [5, 5.41) is 0. The molecule has 33 heavy (non-hydrogen) atoms. The van der Waals surface area contributed by atoms with Crippen LogP contribution < -0.4 is 4.90 Å². The summed E-state index contributed by atoms with van der Waals surface area (Å²) < 4.78 is 32.8. The Kier molecular flexibility index (Phi) is 6.23. The highest BCUT2D eigenvalue weighted by Gasteiger charge is 2.42. The Balaban J connectivity index is 1.27. The minimum atomic E-state index is -0.253. The number of hydrogen-bond donors (Lipinski definition) is 0. The van der Waals surface area contributed by atoms with Crippen LogP contribution in [-0.2, 0) is 4.74 Å². The number of rotatable bonds is 7. The largest absolute Gasteiger partial charge is 0.448 e. The molecule has 3 aliphatic rings. The van der Waals surface area contributed by atoms with Gasteiger partial charge in [-0.05, 0) is 80.3 Å². The summed E-state index contributed by atoms with van der Waals surface area (Å²) in [4.78, 5) is 18.5. The molecular weight excluding hydrogens is 424 g/mol. The van der Waals surface area contributed by atoms with Crippen molar-refractivity contribution in [2.45, 2.75) is 50.6 Å². The standard InChI is InChI=1S/C26H31F2N3O2/c1-2-20(30-14-15-33-26(30)32)4-3-12-29-13-11-25-23(17-29)22-16-19(28)7-10-24(22)31(25)21-8-5-18(27)6-9-21/h5-10,16,20,23,25H,2-4,11-15,17H2,1H3. The van der Waals surface area contributed by atoms with Gasteiger partial charge in [-0.2, -0.15) is 0 Å². The van der Waals surface area contributed by atoms with E-state index in [4.69, 9.17) is 4.74 Å². The van der Waals surface area contributed by atoms with E-state index < -0.39 is 0 Å². The van der Waals surface area contributed by atoms with Crippen LogP contribution in [0, 0.1) is 11.6 Å². The minimum Gasteiger partial charge on any atom is -0.448 e. The van der Waals surface area contributed by atoms with Crippen LogP contribution in [0.5, 0.6) is 0 Å². The van der Waals surface area contributed by atoms with Crippen molar-refractivity contribution in [2.75, 3.05) is 37.7 Å². The van der Waals surface area contributed by atoms with Gasteiger partial charge in [-0.15, -0.1) is 0 Å². The van der Waals surface area contributed by atoms with Crippen molar-refractivity contribution in [3.63, 3.8) is 0 Å². The van der Waals surface area contributed by atoms with Gasteiger partial charge in [0.25, 0.3) is 0 Å². The summed E-state index contributed by atoms with van der Waals surface area (Å²) in [7, 11) is 0. The second kappa shape index (κ2) is 9.29. The van der Waals surface area contributed by atoms with E-state index in [-0.39, 0.29) is 35.7 Å². The number of anilines is 2. The normalized spacial score (nSPS) is 23.4. The first-order valence-electron chi connectivity index (χ1n) is 12.0. The third-order valence-corrected chi connectivity index (χ3v) is 7.46. The average Bonchev–Trinajstić information content (AvgIpc) is 3.38. The molecule has 3 heterocycles. The lowest BCUT2D eigenvalue weighted by Gasteiger charge is -2.39. The number of likely N-dealkylation sites (tertiary alicyclic amines) is 1. The van der Waals surface area contributed by atoms with E-state index in [0.717, 1.165) is 62.3 Å². The quantitative estimate of drug-likeness (QED) is 0.569. The number of ether oxygens (including phenoxy) is 1. The Morgan fingerprint density at radius 2 is 1.88 bits per heavy atom. The Labute approximate surface area is 193 Å². The molecule has 7 heteroatoms. The fraction of sp³-hybridized carbons (Fsp3) is 0.500. The molecule has 0 aromatic heterocycles. The number of cyclic esters (lactones) is 1. The fourth-order valence-electron chi connectivity index (χ4n) is 5.85. The van der Waals surface area contributed by atoms with E-state index in [2.05, 4.69) is 16.7 Å². The third-order valence-electron chi connectivity index (χ3n) is 7.46. The summed E-state index contributed by atoms with van der Waals surface area (Å²) in [6.45, 7) is 6.11. The minimum absolute atomic E-state index is 0.187. The number of amides is 1. The first kappa shape index (κ1) is 22.1. The SMILES string of the molecule is CCC(CCCN1CCC2C(C1)c1cc(F)ccc1N2c1ccc(F)cc1)N1CCOC1=O. The van der Waals surface area contributed by atoms with Gasteiger partial charge in [0.15, 0.2) is 0 Å². The molecular formula is C26H31F2N3O2. The topological polar surface area (TPSA) is 36.0 Å². The van der Waals surface area contributed by atoms with Crippen LogP contribution >= 0.6 is 0 Å². The molecule has 0 aliphatic carbocycles. The Bertz CT molecular complexity index is 1000. The molecule has 0 saturated carbocycles. The lowest BCUT2D eigenvalue weighted by Crippen LogP contribution is -2.45. The molecule has 3 atom stereocenters. The molecule has 5 nitrogen and oxygen atoms in total. The number of piperidine rings is 1. The van der Waals surface area contributed by atoms with E-state index in [0.29, 0.717) is 13.2 Å². The zero-order valence-electron chi connectivity index (χ0n) is 19.1. The number of halogens is 2. The van der Waals surface area contributed by atoms with Gasteiger partial charge in [0, 0.05) is 42.5 Å².